The molecule has 0 aliphatic heterocycles. The summed E-state index contributed by atoms with van der Waals surface area (Å²) in [5.74, 6) is 0.112. The molecule has 2 amide bonds. The van der Waals surface area contributed by atoms with Crippen LogP contribution in [0.5, 0.6) is 11.5 Å². The standard InChI is InChI=1S/C18H17N3O4/c1-24-15-7-13(8-16(9-15)25-2)18(23)20-11-17(22)21-14-5-3-4-12(6-14)10-19/h3-9H,11H2,1-2H3,(H,20,23)(H,21,22). The fourth-order valence-electron chi connectivity index (χ4n) is 2.07. The smallest absolute Gasteiger partial charge is 0.251 e. The maximum atomic E-state index is 12.2. The molecule has 0 radical (unpaired) electrons. The van der Waals surface area contributed by atoms with Gasteiger partial charge in [-0.2, -0.15) is 5.26 Å². The molecule has 0 aliphatic rings. The molecule has 128 valence electrons. The number of benzene rings is 2. The molecule has 0 spiro atoms. The van der Waals surface area contributed by atoms with Gasteiger partial charge in [-0.15, -0.1) is 0 Å². The number of ether oxygens (including phenoxy) is 2. The molecule has 0 saturated heterocycles. The highest BCUT2D eigenvalue weighted by Gasteiger charge is 2.11. The van der Waals surface area contributed by atoms with Crippen molar-refractivity contribution in [2.45, 2.75) is 0 Å². The highest BCUT2D eigenvalue weighted by Crippen LogP contribution is 2.22. The van der Waals surface area contributed by atoms with Crippen LogP contribution in [-0.2, 0) is 4.79 Å². The van der Waals surface area contributed by atoms with Crippen LogP contribution in [0.15, 0.2) is 42.5 Å². The maximum Gasteiger partial charge on any atom is 0.251 e. The van der Waals surface area contributed by atoms with Gasteiger partial charge in [0.25, 0.3) is 5.91 Å². The fraction of sp³-hybridized carbons (Fsp3) is 0.167. The van der Waals surface area contributed by atoms with Gasteiger partial charge in [0.1, 0.15) is 11.5 Å². The minimum atomic E-state index is -0.432. The largest absolute Gasteiger partial charge is 0.497 e. The van der Waals surface area contributed by atoms with Gasteiger partial charge in [-0.1, -0.05) is 6.07 Å². The van der Waals surface area contributed by atoms with E-state index in [1.54, 1.807) is 42.5 Å². The second-order valence-corrected chi connectivity index (χ2v) is 5.02. The van der Waals surface area contributed by atoms with Crippen LogP contribution in [0.3, 0.4) is 0 Å². The van der Waals surface area contributed by atoms with E-state index in [1.165, 1.54) is 14.2 Å². The maximum absolute atomic E-state index is 12.2. The van der Waals surface area contributed by atoms with Crippen molar-refractivity contribution in [1.82, 2.24) is 5.32 Å². The molecule has 2 aromatic carbocycles. The number of hydrogen-bond acceptors (Lipinski definition) is 5. The van der Waals surface area contributed by atoms with Crippen LogP contribution in [-0.4, -0.2) is 32.6 Å². The molecule has 0 aliphatic carbocycles. The molecule has 7 nitrogen and oxygen atoms in total. The van der Waals surface area contributed by atoms with Crippen LogP contribution in [0, 0.1) is 11.3 Å². The summed E-state index contributed by atoms with van der Waals surface area (Å²) < 4.78 is 10.2. The van der Waals surface area contributed by atoms with Gasteiger partial charge in [0, 0.05) is 17.3 Å². The normalized spacial score (nSPS) is 9.64. The number of hydrogen-bond donors (Lipinski definition) is 2. The first kappa shape index (κ1) is 17.8. The van der Waals surface area contributed by atoms with Gasteiger partial charge >= 0.3 is 0 Å². The number of carbonyl (C=O) groups is 2. The Morgan fingerprint density at radius 3 is 2.36 bits per heavy atom. The summed E-state index contributed by atoms with van der Waals surface area (Å²) in [5.41, 5.74) is 1.24. The third-order valence-corrected chi connectivity index (χ3v) is 3.30. The number of rotatable bonds is 6. The van der Waals surface area contributed by atoms with E-state index in [4.69, 9.17) is 14.7 Å². The zero-order chi connectivity index (χ0) is 18.2. The molecule has 0 unspecified atom stereocenters. The minimum Gasteiger partial charge on any atom is -0.497 e. The number of carbonyl (C=O) groups excluding carboxylic acids is 2. The van der Waals surface area contributed by atoms with Crippen LogP contribution in [0.2, 0.25) is 0 Å². The predicted molar refractivity (Wildman–Crippen MR) is 91.7 cm³/mol. The predicted octanol–water partition coefficient (Wildman–Crippen LogP) is 1.94. The molecule has 0 aromatic heterocycles. The quantitative estimate of drug-likeness (QED) is 0.838. The summed E-state index contributed by atoms with van der Waals surface area (Å²) in [5, 5.41) is 14.0. The summed E-state index contributed by atoms with van der Waals surface area (Å²) >= 11 is 0. The van der Waals surface area contributed by atoms with Crippen molar-refractivity contribution in [2.75, 3.05) is 26.1 Å². The lowest BCUT2D eigenvalue weighted by Gasteiger charge is -2.10. The monoisotopic (exact) mass is 339 g/mol. The van der Waals surface area contributed by atoms with Gasteiger partial charge in [-0.3, -0.25) is 9.59 Å². The Balaban J connectivity index is 1.97. The summed E-state index contributed by atoms with van der Waals surface area (Å²) in [7, 11) is 2.97. The molecule has 0 atom stereocenters. The average molecular weight is 339 g/mol. The van der Waals surface area contributed by atoms with Crippen LogP contribution in [0.4, 0.5) is 5.69 Å². The Morgan fingerprint density at radius 1 is 1.08 bits per heavy atom. The zero-order valence-electron chi connectivity index (χ0n) is 13.8. The first-order valence-electron chi connectivity index (χ1n) is 7.37. The number of amides is 2. The molecule has 0 bridgehead atoms. The minimum absolute atomic E-state index is 0.213. The topological polar surface area (TPSA) is 100 Å². The van der Waals surface area contributed by atoms with Gasteiger partial charge < -0.3 is 20.1 Å². The number of anilines is 1. The van der Waals surface area contributed by atoms with E-state index in [1.807, 2.05) is 6.07 Å². The van der Waals surface area contributed by atoms with E-state index in [9.17, 15) is 9.59 Å². The van der Waals surface area contributed by atoms with Gasteiger partial charge in [0.2, 0.25) is 5.91 Å². The molecule has 2 rings (SSSR count). The SMILES string of the molecule is COc1cc(OC)cc(C(=O)NCC(=O)Nc2cccc(C#N)c2)c1. The number of methoxy groups -OCH3 is 2. The molecule has 25 heavy (non-hydrogen) atoms. The van der Waals surface area contributed by atoms with Crippen molar-refractivity contribution < 1.29 is 19.1 Å². The Kier molecular flexibility index (Phi) is 5.96. The second kappa shape index (κ2) is 8.36. The van der Waals surface area contributed by atoms with E-state index in [2.05, 4.69) is 10.6 Å². The van der Waals surface area contributed by atoms with E-state index in [0.717, 1.165) is 0 Å². The number of nitrogens with zero attached hydrogens (tertiary/aromatic N) is 1. The van der Waals surface area contributed by atoms with Crippen LogP contribution < -0.4 is 20.1 Å². The van der Waals surface area contributed by atoms with Gasteiger partial charge in [-0.25, -0.2) is 0 Å². The molecule has 7 heteroatoms. The number of nitriles is 1. The van der Waals surface area contributed by atoms with E-state index in [-0.39, 0.29) is 6.54 Å². The Labute approximate surface area is 145 Å². The van der Waals surface area contributed by atoms with Crippen molar-refractivity contribution in [3.63, 3.8) is 0 Å². The third kappa shape index (κ3) is 4.97. The average Bonchev–Trinajstić information content (AvgIpc) is 2.65. The van der Waals surface area contributed by atoms with E-state index < -0.39 is 11.8 Å². The van der Waals surface area contributed by atoms with Crippen molar-refractivity contribution in [1.29, 1.82) is 5.26 Å². The second-order valence-electron chi connectivity index (χ2n) is 5.02. The van der Waals surface area contributed by atoms with Crippen LogP contribution in [0.25, 0.3) is 0 Å². The molecule has 2 aromatic rings. The highest BCUT2D eigenvalue weighted by atomic mass is 16.5. The highest BCUT2D eigenvalue weighted by molar-refractivity contribution is 5.99. The third-order valence-electron chi connectivity index (χ3n) is 3.30. The molecule has 0 fully saturated rings. The van der Waals surface area contributed by atoms with Gasteiger partial charge in [0.15, 0.2) is 0 Å². The molecule has 0 saturated carbocycles. The summed E-state index contributed by atoms with van der Waals surface area (Å²) in [4.78, 5) is 24.1. The summed E-state index contributed by atoms with van der Waals surface area (Å²) in [6, 6.07) is 13.2. The van der Waals surface area contributed by atoms with Crippen molar-refractivity contribution in [3.8, 4) is 17.6 Å². The first-order valence-corrected chi connectivity index (χ1v) is 7.37. The first-order chi connectivity index (χ1) is 12.0. The van der Waals surface area contributed by atoms with Crippen molar-refractivity contribution in [3.05, 3.63) is 53.6 Å². The fourth-order valence-corrected chi connectivity index (χ4v) is 2.07. The van der Waals surface area contributed by atoms with Crippen molar-refractivity contribution in [2.24, 2.45) is 0 Å². The Hall–Kier alpha value is -3.53. The summed E-state index contributed by atoms with van der Waals surface area (Å²) in [6.45, 7) is -0.213. The lowest BCUT2D eigenvalue weighted by Crippen LogP contribution is -2.32. The zero-order valence-corrected chi connectivity index (χ0v) is 13.8. The van der Waals surface area contributed by atoms with Gasteiger partial charge in [-0.05, 0) is 30.3 Å². The molecule has 0 heterocycles. The number of nitrogens with one attached hydrogen (secondary N) is 2. The van der Waals surface area contributed by atoms with E-state index >= 15 is 0 Å². The lowest BCUT2D eigenvalue weighted by molar-refractivity contribution is -0.115. The summed E-state index contributed by atoms with van der Waals surface area (Å²) in [6.07, 6.45) is 0. The lowest BCUT2D eigenvalue weighted by atomic mass is 10.2. The molecular formula is C18H17N3O4. The molecular weight excluding hydrogens is 322 g/mol. The molecule has 2 N–H and O–H groups in total. The Bertz CT molecular complexity index is 805. The van der Waals surface area contributed by atoms with Crippen LogP contribution >= 0.6 is 0 Å². The van der Waals surface area contributed by atoms with Crippen LogP contribution in [0.1, 0.15) is 15.9 Å². The Morgan fingerprint density at radius 2 is 1.76 bits per heavy atom. The van der Waals surface area contributed by atoms with E-state index in [0.29, 0.717) is 28.3 Å². The van der Waals surface area contributed by atoms with Crippen molar-refractivity contribution >= 4 is 17.5 Å². The van der Waals surface area contributed by atoms with Gasteiger partial charge in [0.05, 0.1) is 32.4 Å².